The largest absolute Gasteiger partial charge is 0.370 e. The van der Waals surface area contributed by atoms with Crippen LogP contribution in [0.2, 0.25) is 0 Å². The lowest BCUT2D eigenvalue weighted by atomic mass is 10.0. The van der Waals surface area contributed by atoms with Crippen molar-refractivity contribution in [1.29, 1.82) is 0 Å². The average Bonchev–Trinajstić information content (AvgIpc) is 3.29. The van der Waals surface area contributed by atoms with Crippen LogP contribution in [-0.4, -0.2) is 60.0 Å². The Kier molecular flexibility index (Phi) is 6.18. The van der Waals surface area contributed by atoms with Gasteiger partial charge in [0, 0.05) is 49.9 Å². The SMILES string of the molecule is CCc1ccc(C2CCN(C3CCN(c4ccc(C(=O)NC)nc4)CC3)C2)[nH]c1=O. The molecule has 2 saturated heterocycles. The number of pyridine rings is 2. The number of aromatic nitrogens is 2. The summed E-state index contributed by atoms with van der Waals surface area (Å²) < 4.78 is 0. The minimum atomic E-state index is -0.158. The molecule has 0 saturated carbocycles. The van der Waals surface area contributed by atoms with Crippen molar-refractivity contribution in [3.63, 3.8) is 0 Å². The number of nitrogens with zero attached hydrogens (tertiary/aromatic N) is 3. The molecule has 2 aromatic heterocycles. The summed E-state index contributed by atoms with van der Waals surface area (Å²) in [5.74, 6) is 0.262. The Bertz CT molecular complexity index is 931. The van der Waals surface area contributed by atoms with Gasteiger partial charge in [-0.3, -0.25) is 14.5 Å². The minimum absolute atomic E-state index is 0.0674. The molecule has 2 fully saturated rings. The van der Waals surface area contributed by atoms with Crippen molar-refractivity contribution >= 4 is 11.6 Å². The summed E-state index contributed by atoms with van der Waals surface area (Å²) in [4.78, 5) is 36.2. The van der Waals surface area contributed by atoms with Crippen LogP contribution in [-0.2, 0) is 6.42 Å². The van der Waals surface area contributed by atoms with Gasteiger partial charge in [-0.05, 0) is 50.4 Å². The smallest absolute Gasteiger partial charge is 0.269 e. The zero-order valence-electron chi connectivity index (χ0n) is 17.9. The molecule has 0 aromatic carbocycles. The van der Waals surface area contributed by atoms with E-state index >= 15 is 0 Å². The molecule has 2 N–H and O–H groups in total. The van der Waals surface area contributed by atoms with Gasteiger partial charge in [-0.25, -0.2) is 4.98 Å². The van der Waals surface area contributed by atoms with Gasteiger partial charge in [-0.1, -0.05) is 13.0 Å². The summed E-state index contributed by atoms with van der Waals surface area (Å²) in [6.07, 6.45) is 5.92. The Morgan fingerprint density at radius 2 is 1.97 bits per heavy atom. The van der Waals surface area contributed by atoms with E-state index < -0.39 is 0 Å². The molecule has 0 aliphatic carbocycles. The van der Waals surface area contributed by atoms with E-state index in [2.05, 4.69) is 31.2 Å². The topological polar surface area (TPSA) is 81.3 Å². The highest BCUT2D eigenvalue weighted by Gasteiger charge is 2.32. The lowest BCUT2D eigenvalue weighted by molar-refractivity contribution is 0.0958. The van der Waals surface area contributed by atoms with Crippen molar-refractivity contribution in [2.75, 3.05) is 38.1 Å². The number of aryl methyl sites for hydroxylation is 1. The third kappa shape index (κ3) is 4.26. The fraction of sp³-hybridized carbons (Fsp3) is 0.522. The van der Waals surface area contributed by atoms with Crippen molar-refractivity contribution in [2.45, 2.75) is 44.6 Å². The second kappa shape index (κ2) is 9.00. The van der Waals surface area contributed by atoms with Crippen molar-refractivity contribution < 1.29 is 4.79 Å². The Hall–Kier alpha value is -2.67. The van der Waals surface area contributed by atoms with E-state index in [1.54, 1.807) is 19.3 Å². The molecule has 0 spiro atoms. The highest BCUT2D eigenvalue weighted by atomic mass is 16.1. The molecular formula is C23H31N5O2. The van der Waals surface area contributed by atoms with Crippen LogP contribution in [0.5, 0.6) is 0 Å². The fourth-order valence-electron chi connectivity index (χ4n) is 4.73. The number of piperidine rings is 1. The highest BCUT2D eigenvalue weighted by Crippen LogP contribution is 2.30. The van der Waals surface area contributed by atoms with Gasteiger partial charge in [-0.2, -0.15) is 0 Å². The molecule has 0 bridgehead atoms. The van der Waals surface area contributed by atoms with Crippen LogP contribution in [0.4, 0.5) is 5.69 Å². The van der Waals surface area contributed by atoms with E-state index in [1.165, 1.54) is 0 Å². The third-order valence-corrected chi connectivity index (χ3v) is 6.61. The number of carbonyl (C=O) groups excluding carboxylic acids is 1. The van der Waals surface area contributed by atoms with Crippen molar-refractivity contribution in [2.24, 2.45) is 0 Å². The summed E-state index contributed by atoms with van der Waals surface area (Å²) in [7, 11) is 1.61. The number of carbonyl (C=O) groups is 1. The van der Waals surface area contributed by atoms with E-state index in [0.717, 1.165) is 68.8 Å². The summed E-state index contributed by atoms with van der Waals surface area (Å²) in [5.41, 5.74) is 3.54. The normalized spacial score (nSPS) is 20.5. The van der Waals surface area contributed by atoms with Gasteiger partial charge in [0.2, 0.25) is 0 Å². The second-order valence-electron chi connectivity index (χ2n) is 8.30. The van der Waals surface area contributed by atoms with Gasteiger partial charge in [0.1, 0.15) is 5.69 Å². The molecule has 1 amide bonds. The Labute approximate surface area is 177 Å². The molecule has 30 heavy (non-hydrogen) atoms. The molecule has 2 aliphatic heterocycles. The summed E-state index contributed by atoms with van der Waals surface area (Å²) in [5, 5.41) is 2.60. The number of hydrogen-bond donors (Lipinski definition) is 2. The van der Waals surface area contributed by atoms with Crippen LogP contribution in [0.25, 0.3) is 0 Å². The summed E-state index contributed by atoms with van der Waals surface area (Å²) in [6.45, 7) is 6.12. The average molecular weight is 410 g/mol. The number of aromatic amines is 1. The standard InChI is InChI=1S/C23H31N5O2/c1-3-16-4-6-20(26-22(16)29)17-8-11-28(15-17)18-9-12-27(13-10-18)19-5-7-21(25-14-19)23(30)24-2/h4-7,14,17-18H,3,8-13,15H2,1-2H3,(H,24,30)(H,26,29). The predicted molar refractivity (Wildman–Crippen MR) is 118 cm³/mol. The van der Waals surface area contributed by atoms with Crippen LogP contribution in [0, 0.1) is 0 Å². The molecular weight excluding hydrogens is 378 g/mol. The monoisotopic (exact) mass is 409 g/mol. The van der Waals surface area contributed by atoms with Crippen LogP contribution in [0.1, 0.15) is 53.8 Å². The third-order valence-electron chi connectivity index (χ3n) is 6.61. The first-order valence-electron chi connectivity index (χ1n) is 11.0. The molecule has 0 radical (unpaired) electrons. The fourth-order valence-corrected chi connectivity index (χ4v) is 4.73. The maximum atomic E-state index is 12.2. The number of amides is 1. The molecule has 2 aromatic rings. The van der Waals surface area contributed by atoms with E-state index in [1.807, 2.05) is 19.1 Å². The Morgan fingerprint density at radius 1 is 1.17 bits per heavy atom. The van der Waals surface area contributed by atoms with Crippen molar-refractivity contribution in [3.05, 3.63) is 57.8 Å². The first-order valence-corrected chi connectivity index (χ1v) is 11.0. The van der Waals surface area contributed by atoms with Crippen LogP contribution in [0.15, 0.2) is 35.3 Å². The van der Waals surface area contributed by atoms with E-state index in [-0.39, 0.29) is 11.5 Å². The predicted octanol–water partition coefficient (Wildman–Crippen LogP) is 2.15. The van der Waals surface area contributed by atoms with E-state index in [9.17, 15) is 9.59 Å². The molecule has 4 heterocycles. The van der Waals surface area contributed by atoms with Gasteiger partial charge in [0.05, 0.1) is 11.9 Å². The molecule has 1 unspecified atom stereocenters. The number of likely N-dealkylation sites (tertiary alicyclic amines) is 1. The number of H-pyrrole nitrogens is 1. The van der Waals surface area contributed by atoms with Gasteiger partial charge >= 0.3 is 0 Å². The van der Waals surface area contributed by atoms with Crippen LogP contribution < -0.4 is 15.8 Å². The lowest BCUT2D eigenvalue weighted by Crippen LogP contribution is -2.44. The van der Waals surface area contributed by atoms with Crippen LogP contribution >= 0.6 is 0 Å². The second-order valence-corrected chi connectivity index (χ2v) is 8.30. The lowest BCUT2D eigenvalue weighted by Gasteiger charge is -2.37. The Morgan fingerprint density at radius 3 is 2.60 bits per heavy atom. The number of hydrogen-bond acceptors (Lipinski definition) is 5. The number of anilines is 1. The van der Waals surface area contributed by atoms with Gasteiger partial charge in [0.15, 0.2) is 0 Å². The quantitative estimate of drug-likeness (QED) is 0.791. The molecule has 2 aliphatic rings. The van der Waals surface area contributed by atoms with Crippen molar-refractivity contribution in [1.82, 2.24) is 20.2 Å². The summed E-state index contributed by atoms with van der Waals surface area (Å²) in [6, 6.07) is 8.45. The molecule has 7 heteroatoms. The molecule has 7 nitrogen and oxygen atoms in total. The maximum Gasteiger partial charge on any atom is 0.269 e. The molecule has 1 atom stereocenters. The Balaban J connectivity index is 1.32. The van der Waals surface area contributed by atoms with E-state index in [0.29, 0.717) is 17.7 Å². The van der Waals surface area contributed by atoms with E-state index in [4.69, 9.17) is 0 Å². The first kappa shape index (κ1) is 20.6. The number of rotatable bonds is 5. The van der Waals surface area contributed by atoms with Gasteiger partial charge in [0.25, 0.3) is 11.5 Å². The van der Waals surface area contributed by atoms with Crippen molar-refractivity contribution in [3.8, 4) is 0 Å². The van der Waals surface area contributed by atoms with Gasteiger partial charge < -0.3 is 15.2 Å². The summed E-state index contributed by atoms with van der Waals surface area (Å²) >= 11 is 0. The zero-order valence-corrected chi connectivity index (χ0v) is 17.9. The first-order chi connectivity index (χ1) is 14.6. The molecule has 160 valence electrons. The van der Waals surface area contributed by atoms with Gasteiger partial charge in [-0.15, -0.1) is 0 Å². The number of nitrogens with one attached hydrogen (secondary N) is 2. The minimum Gasteiger partial charge on any atom is -0.370 e. The molecule has 4 rings (SSSR count). The maximum absolute atomic E-state index is 12.2. The van der Waals surface area contributed by atoms with Crippen LogP contribution in [0.3, 0.4) is 0 Å². The highest BCUT2D eigenvalue weighted by molar-refractivity contribution is 5.92. The zero-order chi connectivity index (χ0) is 21.1.